The van der Waals surface area contributed by atoms with Gasteiger partial charge in [0.1, 0.15) is 17.2 Å². The van der Waals surface area contributed by atoms with Crippen LogP contribution in [0.2, 0.25) is 0 Å². The van der Waals surface area contributed by atoms with Crippen molar-refractivity contribution in [3.8, 4) is 33.6 Å². The highest BCUT2D eigenvalue weighted by molar-refractivity contribution is 5.82. The SMILES string of the molecule is CC(C)[C@H](N)C(=O)N1CCC[C@H]1c1ncc(-c2ccc(-c3ccc(-c4cnc(C5CCCN5C(=O)OC(C)(C)C)[nH]4)cc3)cc2)[nH]1. The molecule has 6 rings (SSSR count). The number of carbonyl (C=O) groups excluding carboxylic acids is 2. The molecular formula is C36H45N7O3. The van der Waals surface area contributed by atoms with Gasteiger partial charge >= 0.3 is 6.09 Å². The van der Waals surface area contributed by atoms with E-state index in [0.717, 1.165) is 71.0 Å². The predicted molar refractivity (Wildman–Crippen MR) is 178 cm³/mol. The maximum Gasteiger partial charge on any atom is 0.410 e. The monoisotopic (exact) mass is 623 g/mol. The summed E-state index contributed by atoms with van der Waals surface area (Å²) in [5.74, 6) is 1.68. The Morgan fingerprint density at radius 2 is 1.22 bits per heavy atom. The number of aromatic nitrogens is 4. The highest BCUT2D eigenvalue weighted by Gasteiger charge is 2.36. The van der Waals surface area contributed by atoms with Crippen molar-refractivity contribution >= 4 is 12.0 Å². The number of nitrogens with one attached hydrogen (secondary N) is 2. The Kier molecular flexibility index (Phi) is 8.74. The first-order valence-corrected chi connectivity index (χ1v) is 16.4. The van der Waals surface area contributed by atoms with Gasteiger partial charge in [0.2, 0.25) is 5.91 Å². The molecule has 2 aliphatic heterocycles. The number of aromatic amines is 2. The zero-order valence-electron chi connectivity index (χ0n) is 27.4. The van der Waals surface area contributed by atoms with Crippen LogP contribution in [0, 0.1) is 5.92 Å². The first-order valence-electron chi connectivity index (χ1n) is 16.4. The minimum Gasteiger partial charge on any atom is -0.444 e. The Morgan fingerprint density at radius 1 is 0.783 bits per heavy atom. The van der Waals surface area contributed by atoms with Gasteiger partial charge in [-0.25, -0.2) is 14.8 Å². The Morgan fingerprint density at radius 3 is 1.67 bits per heavy atom. The van der Waals surface area contributed by atoms with E-state index in [9.17, 15) is 9.59 Å². The maximum absolute atomic E-state index is 13.0. The molecule has 2 saturated heterocycles. The lowest BCUT2D eigenvalue weighted by molar-refractivity contribution is -0.134. The van der Waals surface area contributed by atoms with Gasteiger partial charge in [0, 0.05) is 13.1 Å². The molecule has 2 amide bonds. The first kappa shape index (κ1) is 31.5. The number of ether oxygens (including phenoxy) is 1. The summed E-state index contributed by atoms with van der Waals surface area (Å²) in [4.78, 5) is 45.6. The van der Waals surface area contributed by atoms with Gasteiger partial charge in [-0.2, -0.15) is 0 Å². The Hall–Kier alpha value is -4.44. The third kappa shape index (κ3) is 6.58. The molecule has 4 aromatic rings. The molecule has 2 aromatic carbocycles. The number of benzene rings is 2. The second-order valence-corrected chi connectivity index (χ2v) is 13.8. The number of hydrogen-bond donors (Lipinski definition) is 3. The lowest BCUT2D eigenvalue weighted by Crippen LogP contribution is -2.46. The first-order chi connectivity index (χ1) is 22.0. The third-order valence-electron chi connectivity index (χ3n) is 8.97. The summed E-state index contributed by atoms with van der Waals surface area (Å²) in [5.41, 5.74) is 11.8. The van der Waals surface area contributed by atoms with Gasteiger partial charge in [0.25, 0.3) is 0 Å². The van der Waals surface area contributed by atoms with Crippen molar-refractivity contribution in [3.63, 3.8) is 0 Å². The number of likely N-dealkylation sites (tertiary alicyclic amines) is 2. The second-order valence-electron chi connectivity index (χ2n) is 13.8. The summed E-state index contributed by atoms with van der Waals surface area (Å²) in [7, 11) is 0. The van der Waals surface area contributed by atoms with Crippen LogP contribution in [0.4, 0.5) is 4.79 Å². The fraction of sp³-hybridized carbons (Fsp3) is 0.444. The van der Waals surface area contributed by atoms with E-state index in [1.54, 1.807) is 4.90 Å². The molecule has 4 N–H and O–H groups in total. The molecule has 2 aliphatic rings. The van der Waals surface area contributed by atoms with E-state index in [4.69, 9.17) is 10.5 Å². The second kappa shape index (κ2) is 12.7. The number of nitrogens with zero attached hydrogens (tertiary/aromatic N) is 4. The number of H-pyrrole nitrogens is 2. The summed E-state index contributed by atoms with van der Waals surface area (Å²) >= 11 is 0. The van der Waals surface area contributed by atoms with Gasteiger partial charge in [0.15, 0.2) is 0 Å². The summed E-state index contributed by atoms with van der Waals surface area (Å²) in [6, 6.07) is 16.1. The normalized spacial score (nSPS) is 19.2. The Labute approximate surface area is 270 Å². The van der Waals surface area contributed by atoms with Crippen molar-refractivity contribution in [3.05, 3.63) is 72.6 Å². The van der Waals surface area contributed by atoms with E-state index < -0.39 is 11.6 Å². The van der Waals surface area contributed by atoms with E-state index in [1.807, 2.05) is 51.9 Å². The smallest absolute Gasteiger partial charge is 0.410 e. The molecule has 1 unspecified atom stereocenters. The maximum atomic E-state index is 13.0. The van der Waals surface area contributed by atoms with E-state index >= 15 is 0 Å². The molecular weight excluding hydrogens is 578 g/mol. The molecule has 10 heteroatoms. The average molecular weight is 624 g/mol. The molecule has 2 aromatic heterocycles. The largest absolute Gasteiger partial charge is 0.444 e. The molecule has 0 bridgehead atoms. The van der Waals surface area contributed by atoms with Crippen LogP contribution in [0.1, 0.15) is 84.0 Å². The average Bonchev–Trinajstić information content (AvgIpc) is 3.85. The predicted octanol–water partition coefficient (Wildman–Crippen LogP) is 6.85. The molecule has 2 fully saturated rings. The van der Waals surface area contributed by atoms with Gasteiger partial charge in [-0.05, 0) is 74.6 Å². The quantitative estimate of drug-likeness (QED) is 0.206. The van der Waals surface area contributed by atoms with Crippen molar-refractivity contribution in [2.45, 2.75) is 84.0 Å². The molecule has 3 atom stereocenters. The van der Waals surface area contributed by atoms with Crippen molar-refractivity contribution in [2.24, 2.45) is 11.7 Å². The number of imidazole rings is 2. The Bertz CT molecular complexity index is 1670. The minimum absolute atomic E-state index is 0.00236. The van der Waals surface area contributed by atoms with E-state index in [1.165, 1.54) is 0 Å². The summed E-state index contributed by atoms with van der Waals surface area (Å²) in [5, 5.41) is 0. The Balaban J connectivity index is 1.11. The minimum atomic E-state index is -0.536. The molecule has 0 aliphatic carbocycles. The number of rotatable bonds is 7. The van der Waals surface area contributed by atoms with Crippen LogP contribution >= 0.6 is 0 Å². The summed E-state index contributed by atoms with van der Waals surface area (Å²) in [6.45, 7) is 11.0. The zero-order valence-corrected chi connectivity index (χ0v) is 27.4. The van der Waals surface area contributed by atoms with Gasteiger partial charge in [-0.3, -0.25) is 9.69 Å². The van der Waals surface area contributed by atoms with Crippen LogP contribution in [-0.4, -0.2) is 66.5 Å². The van der Waals surface area contributed by atoms with Crippen molar-refractivity contribution in [1.82, 2.24) is 29.7 Å². The number of amides is 2. The third-order valence-corrected chi connectivity index (χ3v) is 8.97. The zero-order chi connectivity index (χ0) is 32.6. The number of hydrogen-bond acceptors (Lipinski definition) is 6. The molecule has 10 nitrogen and oxygen atoms in total. The summed E-state index contributed by atoms with van der Waals surface area (Å²) in [6.07, 6.45) is 6.98. The van der Waals surface area contributed by atoms with Crippen LogP contribution in [0.25, 0.3) is 33.6 Å². The van der Waals surface area contributed by atoms with Crippen molar-refractivity contribution in [2.75, 3.05) is 13.1 Å². The molecule has 0 saturated carbocycles. The van der Waals surface area contributed by atoms with E-state index in [2.05, 4.69) is 68.5 Å². The fourth-order valence-electron chi connectivity index (χ4n) is 6.37. The molecule has 46 heavy (non-hydrogen) atoms. The van der Waals surface area contributed by atoms with Gasteiger partial charge in [-0.15, -0.1) is 0 Å². The molecule has 0 radical (unpaired) electrons. The van der Waals surface area contributed by atoms with Gasteiger partial charge in [-0.1, -0.05) is 62.4 Å². The fourth-order valence-corrected chi connectivity index (χ4v) is 6.37. The molecule has 242 valence electrons. The lowest BCUT2D eigenvalue weighted by atomic mass is 10.0. The van der Waals surface area contributed by atoms with Gasteiger partial charge < -0.3 is 25.3 Å². The molecule has 4 heterocycles. The lowest BCUT2D eigenvalue weighted by Gasteiger charge is -2.27. The van der Waals surface area contributed by atoms with Crippen molar-refractivity contribution in [1.29, 1.82) is 0 Å². The highest BCUT2D eigenvalue weighted by atomic mass is 16.6. The molecule has 0 spiro atoms. The van der Waals surface area contributed by atoms with Crippen LogP contribution < -0.4 is 5.73 Å². The number of nitrogens with two attached hydrogens (primary N) is 1. The van der Waals surface area contributed by atoms with Crippen LogP contribution in [0.3, 0.4) is 0 Å². The highest BCUT2D eigenvalue weighted by Crippen LogP contribution is 2.35. The van der Waals surface area contributed by atoms with E-state index in [0.29, 0.717) is 13.1 Å². The van der Waals surface area contributed by atoms with Crippen LogP contribution in [0.15, 0.2) is 60.9 Å². The van der Waals surface area contributed by atoms with Gasteiger partial charge in [0.05, 0.1) is 41.9 Å². The topological polar surface area (TPSA) is 133 Å². The van der Waals surface area contributed by atoms with Crippen LogP contribution in [-0.2, 0) is 9.53 Å². The van der Waals surface area contributed by atoms with Crippen LogP contribution in [0.5, 0.6) is 0 Å². The van der Waals surface area contributed by atoms with E-state index in [-0.39, 0.29) is 30.0 Å². The van der Waals surface area contributed by atoms with Crippen molar-refractivity contribution < 1.29 is 14.3 Å². The number of carbonyl (C=O) groups is 2. The summed E-state index contributed by atoms with van der Waals surface area (Å²) < 4.78 is 5.62. The standard InChI is InChI=1S/C36H45N7O3/c1-22(2)31(37)34(44)42-18-6-8-29(42)32-38-20-27(40-32)25-14-10-23(11-15-25)24-12-16-26(17-13-24)28-21-39-33(41-28)30-9-7-19-43(30)35(45)46-36(3,4)5/h10-17,20-22,29-31H,6-9,18-19,37H2,1-5H3,(H,38,40)(H,39,41)/t29-,30?,31-/m0/s1.